The summed E-state index contributed by atoms with van der Waals surface area (Å²) in [7, 11) is 0. The van der Waals surface area contributed by atoms with E-state index in [1.807, 2.05) is 6.92 Å². The minimum absolute atomic E-state index is 0.565. The number of hydrogen-bond donors (Lipinski definition) is 1. The number of aromatic nitrogens is 1. The molecule has 0 radical (unpaired) electrons. The standard InChI is InChI=1S/C14H19N3O/c1-11-7-13(9-15)8-14(17-11)18-6-4-12-3-2-5-16-10-12/h7-8,12,16H,2-6,10H2,1H3. The summed E-state index contributed by atoms with van der Waals surface area (Å²) in [6, 6.07) is 5.58. The Kier molecular flexibility index (Phi) is 4.54. The lowest BCUT2D eigenvalue weighted by molar-refractivity contribution is 0.247. The third kappa shape index (κ3) is 3.71. The molecular weight excluding hydrogens is 226 g/mol. The maximum Gasteiger partial charge on any atom is 0.214 e. The van der Waals surface area contributed by atoms with Crippen LogP contribution in [0, 0.1) is 24.2 Å². The van der Waals surface area contributed by atoms with E-state index in [0.29, 0.717) is 24.0 Å². The molecule has 1 unspecified atom stereocenters. The smallest absolute Gasteiger partial charge is 0.214 e. The summed E-state index contributed by atoms with van der Waals surface area (Å²) >= 11 is 0. The van der Waals surface area contributed by atoms with E-state index in [-0.39, 0.29) is 0 Å². The van der Waals surface area contributed by atoms with E-state index in [1.54, 1.807) is 12.1 Å². The molecule has 1 atom stereocenters. The first-order valence-electron chi connectivity index (χ1n) is 6.50. The number of nitriles is 1. The van der Waals surface area contributed by atoms with Gasteiger partial charge in [0.1, 0.15) is 0 Å². The summed E-state index contributed by atoms with van der Waals surface area (Å²) < 4.78 is 5.64. The number of nitrogens with zero attached hydrogens (tertiary/aromatic N) is 2. The molecule has 0 aromatic carbocycles. The first kappa shape index (κ1) is 12.8. The van der Waals surface area contributed by atoms with E-state index in [4.69, 9.17) is 10.00 Å². The van der Waals surface area contributed by atoms with Crippen molar-refractivity contribution < 1.29 is 4.74 Å². The second kappa shape index (κ2) is 6.36. The van der Waals surface area contributed by atoms with Crippen molar-refractivity contribution in [2.45, 2.75) is 26.2 Å². The van der Waals surface area contributed by atoms with Crippen molar-refractivity contribution in [3.63, 3.8) is 0 Å². The molecule has 1 aliphatic heterocycles. The van der Waals surface area contributed by atoms with Crippen LogP contribution >= 0.6 is 0 Å². The van der Waals surface area contributed by atoms with E-state index in [0.717, 1.165) is 25.2 Å². The molecule has 1 saturated heterocycles. The molecule has 4 heteroatoms. The molecule has 18 heavy (non-hydrogen) atoms. The van der Waals surface area contributed by atoms with Gasteiger partial charge in [0.2, 0.25) is 5.88 Å². The number of pyridine rings is 1. The van der Waals surface area contributed by atoms with Gasteiger partial charge in [0.25, 0.3) is 0 Å². The van der Waals surface area contributed by atoms with Crippen LogP contribution in [0.25, 0.3) is 0 Å². The average Bonchev–Trinajstić information content (AvgIpc) is 2.39. The third-order valence-electron chi connectivity index (χ3n) is 3.23. The zero-order valence-corrected chi connectivity index (χ0v) is 10.8. The van der Waals surface area contributed by atoms with E-state index >= 15 is 0 Å². The van der Waals surface area contributed by atoms with Crippen molar-refractivity contribution in [1.29, 1.82) is 5.26 Å². The highest BCUT2D eigenvalue weighted by molar-refractivity contribution is 5.34. The van der Waals surface area contributed by atoms with Gasteiger partial charge in [-0.25, -0.2) is 4.98 Å². The third-order valence-corrected chi connectivity index (χ3v) is 3.23. The van der Waals surface area contributed by atoms with Crippen LogP contribution in [0.1, 0.15) is 30.5 Å². The zero-order valence-electron chi connectivity index (χ0n) is 10.8. The molecule has 0 bridgehead atoms. The fourth-order valence-corrected chi connectivity index (χ4v) is 2.28. The van der Waals surface area contributed by atoms with E-state index < -0.39 is 0 Å². The van der Waals surface area contributed by atoms with Crippen LogP contribution in [-0.2, 0) is 0 Å². The van der Waals surface area contributed by atoms with E-state index in [2.05, 4.69) is 16.4 Å². The highest BCUT2D eigenvalue weighted by atomic mass is 16.5. The minimum atomic E-state index is 0.565. The molecule has 4 nitrogen and oxygen atoms in total. The molecule has 0 amide bonds. The Morgan fingerprint density at radius 2 is 2.44 bits per heavy atom. The van der Waals surface area contributed by atoms with Crippen LogP contribution in [0.3, 0.4) is 0 Å². The summed E-state index contributed by atoms with van der Waals surface area (Å²) in [5, 5.41) is 12.3. The van der Waals surface area contributed by atoms with Crippen molar-refractivity contribution >= 4 is 0 Å². The van der Waals surface area contributed by atoms with Gasteiger partial charge in [0.15, 0.2) is 0 Å². The lowest BCUT2D eigenvalue weighted by Crippen LogP contribution is -2.30. The highest BCUT2D eigenvalue weighted by Gasteiger charge is 2.12. The Morgan fingerprint density at radius 1 is 1.56 bits per heavy atom. The molecule has 1 aromatic heterocycles. The number of rotatable bonds is 4. The van der Waals surface area contributed by atoms with E-state index in [1.165, 1.54) is 12.8 Å². The number of hydrogen-bond acceptors (Lipinski definition) is 4. The van der Waals surface area contributed by atoms with Crippen molar-refractivity contribution in [2.75, 3.05) is 19.7 Å². The fourth-order valence-electron chi connectivity index (χ4n) is 2.28. The summed E-state index contributed by atoms with van der Waals surface area (Å²) in [6.07, 6.45) is 3.58. The van der Waals surface area contributed by atoms with Gasteiger partial charge in [-0.3, -0.25) is 0 Å². The van der Waals surface area contributed by atoms with Crippen LogP contribution in [-0.4, -0.2) is 24.7 Å². The Labute approximate surface area is 108 Å². The maximum atomic E-state index is 8.87. The first-order chi connectivity index (χ1) is 8.78. The lowest BCUT2D eigenvalue weighted by atomic mass is 9.97. The summed E-state index contributed by atoms with van der Waals surface area (Å²) in [5.74, 6) is 1.27. The predicted octanol–water partition coefficient (Wildman–Crippen LogP) is 2.03. The largest absolute Gasteiger partial charge is 0.478 e. The molecular formula is C14H19N3O. The summed E-state index contributed by atoms with van der Waals surface area (Å²) in [5.41, 5.74) is 1.43. The van der Waals surface area contributed by atoms with Crippen LogP contribution in [0.4, 0.5) is 0 Å². The Hall–Kier alpha value is -1.60. The second-order valence-corrected chi connectivity index (χ2v) is 4.80. The average molecular weight is 245 g/mol. The molecule has 1 aromatic rings. The van der Waals surface area contributed by atoms with Gasteiger partial charge in [0, 0.05) is 11.8 Å². The zero-order chi connectivity index (χ0) is 12.8. The van der Waals surface area contributed by atoms with Crippen molar-refractivity contribution in [1.82, 2.24) is 10.3 Å². The molecule has 96 valence electrons. The summed E-state index contributed by atoms with van der Waals surface area (Å²) in [4.78, 5) is 4.28. The second-order valence-electron chi connectivity index (χ2n) is 4.80. The van der Waals surface area contributed by atoms with Crippen LogP contribution < -0.4 is 10.1 Å². The Morgan fingerprint density at radius 3 is 3.17 bits per heavy atom. The Balaban J connectivity index is 1.82. The normalized spacial score (nSPS) is 19.2. The van der Waals surface area contributed by atoms with Crippen molar-refractivity contribution in [2.24, 2.45) is 5.92 Å². The number of ether oxygens (including phenoxy) is 1. The van der Waals surface area contributed by atoms with Gasteiger partial charge >= 0.3 is 0 Å². The number of aryl methyl sites for hydroxylation is 1. The van der Waals surface area contributed by atoms with Gasteiger partial charge in [-0.1, -0.05) is 0 Å². The van der Waals surface area contributed by atoms with E-state index in [9.17, 15) is 0 Å². The summed E-state index contributed by atoms with van der Waals surface area (Å²) in [6.45, 7) is 4.78. The molecule has 1 N–H and O–H groups in total. The van der Waals surface area contributed by atoms with Gasteiger partial charge in [-0.15, -0.1) is 0 Å². The quantitative estimate of drug-likeness (QED) is 0.881. The van der Waals surface area contributed by atoms with Crippen molar-refractivity contribution in [3.8, 4) is 11.9 Å². The minimum Gasteiger partial charge on any atom is -0.478 e. The predicted molar refractivity (Wildman–Crippen MR) is 69.4 cm³/mol. The monoisotopic (exact) mass is 245 g/mol. The van der Waals surface area contributed by atoms with Gasteiger partial charge < -0.3 is 10.1 Å². The van der Waals surface area contributed by atoms with Gasteiger partial charge in [-0.2, -0.15) is 5.26 Å². The topological polar surface area (TPSA) is 57.9 Å². The Bertz CT molecular complexity index is 433. The lowest BCUT2D eigenvalue weighted by Gasteiger charge is -2.22. The molecule has 0 aliphatic carbocycles. The van der Waals surface area contributed by atoms with Gasteiger partial charge in [0.05, 0.1) is 18.2 Å². The van der Waals surface area contributed by atoms with Crippen LogP contribution in [0.2, 0.25) is 0 Å². The van der Waals surface area contributed by atoms with Crippen LogP contribution in [0.15, 0.2) is 12.1 Å². The molecule has 2 rings (SSSR count). The number of nitrogens with one attached hydrogen (secondary N) is 1. The van der Waals surface area contributed by atoms with Crippen molar-refractivity contribution in [3.05, 3.63) is 23.4 Å². The molecule has 0 spiro atoms. The fraction of sp³-hybridized carbons (Fsp3) is 0.571. The molecule has 0 saturated carbocycles. The van der Waals surface area contributed by atoms with Gasteiger partial charge in [-0.05, 0) is 51.3 Å². The SMILES string of the molecule is Cc1cc(C#N)cc(OCCC2CCCNC2)n1. The molecule has 2 heterocycles. The number of piperidine rings is 1. The maximum absolute atomic E-state index is 8.87. The van der Waals surface area contributed by atoms with Crippen LogP contribution in [0.5, 0.6) is 5.88 Å². The molecule has 1 fully saturated rings. The molecule has 1 aliphatic rings. The highest BCUT2D eigenvalue weighted by Crippen LogP contribution is 2.16. The first-order valence-corrected chi connectivity index (χ1v) is 6.50.